The number of amides is 6. The Hall–Kier alpha value is -6.35. The predicted molar refractivity (Wildman–Crippen MR) is 453 cm³/mol. The van der Waals surface area contributed by atoms with Crippen LogP contribution < -0.4 is 10.6 Å². The van der Waals surface area contributed by atoms with Crippen LogP contribution in [0.1, 0.15) is 255 Å². The van der Waals surface area contributed by atoms with Gasteiger partial charge in [-0.3, -0.25) is 62.8 Å². The van der Waals surface area contributed by atoms with Gasteiger partial charge in [-0.2, -0.15) is 0 Å². The average Bonchev–Trinajstić information content (AvgIpc) is 1.63. The molecule has 3 fully saturated rings. The number of aromatic nitrogens is 1. The normalized spacial score (nSPS) is 16.4. The zero-order valence-corrected chi connectivity index (χ0v) is 75.5. The van der Waals surface area contributed by atoms with Crippen LogP contribution in [0, 0.1) is 53.3 Å². The third-order valence-corrected chi connectivity index (χ3v) is 20.1. The monoisotopic (exact) mass is 1600 g/mol. The van der Waals surface area contributed by atoms with Crippen molar-refractivity contribution in [2.75, 3.05) is 111 Å². The molecule has 2 aliphatic heterocycles. The van der Waals surface area contributed by atoms with E-state index < -0.39 is 23.8 Å². The number of nitrogens with one attached hydrogen (secondary N) is 2. The molecule has 3 heterocycles. The Morgan fingerprint density at radius 2 is 0.991 bits per heavy atom. The number of hydrogen-bond donors (Lipinski definition) is 4. The molecule has 6 amide bonds. The van der Waals surface area contributed by atoms with E-state index in [1.807, 2.05) is 77.1 Å². The third kappa shape index (κ3) is 45.1. The second kappa shape index (κ2) is 56.8. The predicted octanol–water partition coefficient (Wildman–Crippen LogP) is 13.7. The summed E-state index contributed by atoms with van der Waals surface area (Å²) in [7, 11) is 0. The van der Waals surface area contributed by atoms with E-state index in [-0.39, 0.29) is 73.2 Å². The maximum atomic E-state index is 12.6. The molecule has 2 aromatic rings. The molecule has 646 valence electrons. The number of urea groups is 1. The lowest BCUT2D eigenvalue weighted by atomic mass is 9.79. The van der Waals surface area contributed by atoms with E-state index in [0.717, 1.165) is 87.2 Å². The molecule has 5 rings (SSSR count). The number of likely N-dealkylation sites (tertiary alicyclic amines) is 2. The number of thiazole rings is 1. The molecular weight excluding hydrogens is 1440 g/mol. The van der Waals surface area contributed by atoms with Crippen LogP contribution in [0.25, 0.3) is 10.2 Å². The summed E-state index contributed by atoms with van der Waals surface area (Å²) in [5.41, 5.74) is 3.53. The number of esters is 2. The number of aliphatic carboxylic acids is 2. The number of rotatable bonds is 37. The zero-order valence-electron chi connectivity index (χ0n) is 74.7. The topological polar surface area (TPSA) is 292 Å². The number of ether oxygens (including phenoxy) is 2. The summed E-state index contributed by atoms with van der Waals surface area (Å²) in [5, 5.41) is 22.7. The molecule has 26 heteroatoms. The van der Waals surface area contributed by atoms with Crippen LogP contribution in [-0.4, -0.2) is 267 Å². The summed E-state index contributed by atoms with van der Waals surface area (Å²) in [6, 6.07) is 7.74. The van der Waals surface area contributed by atoms with Gasteiger partial charge >= 0.3 is 29.9 Å². The fourth-order valence-electron chi connectivity index (χ4n) is 13.2. The Labute approximate surface area is 680 Å². The molecule has 3 unspecified atom stereocenters. The van der Waals surface area contributed by atoms with Gasteiger partial charge in [0.25, 0.3) is 5.91 Å². The van der Waals surface area contributed by atoms with Crippen molar-refractivity contribution in [2.45, 2.75) is 287 Å². The Balaban J connectivity index is 0.00000132. The molecule has 4 N–H and O–H groups in total. The van der Waals surface area contributed by atoms with Crippen molar-refractivity contribution in [2.24, 2.45) is 53.3 Å². The van der Waals surface area contributed by atoms with Crippen LogP contribution in [0.15, 0.2) is 23.7 Å². The van der Waals surface area contributed by atoms with E-state index in [2.05, 4.69) is 172 Å². The number of nitrogens with zero attached hydrogens (tertiary/aromatic N) is 9. The number of hydrogen-bond acceptors (Lipinski definition) is 18. The van der Waals surface area contributed by atoms with Crippen molar-refractivity contribution in [1.29, 1.82) is 0 Å². The van der Waals surface area contributed by atoms with Gasteiger partial charge in [-0.25, -0.2) is 9.78 Å². The van der Waals surface area contributed by atoms with Crippen molar-refractivity contribution >= 4 is 80.9 Å². The molecule has 3 aliphatic rings. The molecular formula is C86H157N11O14S. The summed E-state index contributed by atoms with van der Waals surface area (Å²) in [4.78, 5) is 138. The SMILES string of the molecule is CC(C)CN(C(=O)c1ccc2ncsc2c1)C(C)C.CC(C)CN(CC(=O)N1CCCC(C(=O)O)C1)C(C)C.CC(C)CN(CC(=O)N1CCC[C@H]1C)C(C)C.CC(C)CN(CC(=O)NCCC(=O)O)C(C)C.CCOC(=O)C1CCCC(C(=O)CN(CC(C)C)C(C)C)C1.CCOC(=O)CNC(=O)N(CC(C)C)C(C)C. The third-order valence-electron chi connectivity index (χ3n) is 19.3. The van der Waals surface area contributed by atoms with E-state index in [0.29, 0.717) is 149 Å². The van der Waals surface area contributed by atoms with Gasteiger partial charge in [0.1, 0.15) is 12.3 Å². The molecule has 1 aromatic heterocycles. The molecule has 112 heavy (non-hydrogen) atoms. The highest BCUT2D eigenvalue weighted by Gasteiger charge is 2.34. The number of ketones is 1. The van der Waals surface area contributed by atoms with E-state index in [1.165, 1.54) is 6.42 Å². The number of piperidine rings is 1. The molecule has 1 aliphatic carbocycles. The fourth-order valence-corrected chi connectivity index (χ4v) is 14.0. The van der Waals surface area contributed by atoms with Gasteiger partial charge in [0.2, 0.25) is 17.7 Å². The van der Waals surface area contributed by atoms with Crippen LogP contribution in [0.5, 0.6) is 0 Å². The van der Waals surface area contributed by atoms with Crippen LogP contribution in [0.2, 0.25) is 0 Å². The van der Waals surface area contributed by atoms with Crippen LogP contribution in [-0.2, 0) is 47.8 Å². The number of carboxylic acid groups (broad SMARTS) is 2. The van der Waals surface area contributed by atoms with Gasteiger partial charge in [-0.05, 0) is 203 Å². The highest BCUT2D eigenvalue weighted by atomic mass is 32.1. The van der Waals surface area contributed by atoms with Crippen molar-refractivity contribution < 1.29 is 67.6 Å². The molecule has 1 saturated carbocycles. The maximum absolute atomic E-state index is 12.6. The highest BCUT2D eigenvalue weighted by molar-refractivity contribution is 7.16. The lowest BCUT2D eigenvalue weighted by Crippen LogP contribution is -2.48. The first-order chi connectivity index (χ1) is 52.3. The summed E-state index contributed by atoms with van der Waals surface area (Å²) in [5.74, 6) is 1.04. The number of fused-ring (bicyclic) bond motifs is 1. The molecule has 25 nitrogen and oxygen atoms in total. The lowest BCUT2D eigenvalue weighted by Gasteiger charge is -2.34. The quantitative estimate of drug-likeness (QED) is 0.0457. The van der Waals surface area contributed by atoms with Gasteiger partial charge in [-0.15, -0.1) is 11.3 Å². The number of carbonyl (C=O) groups is 10. The molecule has 4 atom stereocenters. The Morgan fingerprint density at radius 3 is 1.45 bits per heavy atom. The Morgan fingerprint density at radius 1 is 0.527 bits per heavy atom. The van der Waals surface area contributed by atoms with Gasteiger partial charge in [0.15, 0.2) is 0 Å². The Bertz CT molecular complexity index is 3040. The number of Topliss-reactive ketones (excluding diaryl/α,β-unsaturated/α-hetero) is 1. The number of carbonyl (C=O) groups excluding carboxylic acids is 8. The minimum atomic E-state index is -0.895. The minimum Gasteiger partial charge on any atom is -0.481 e. The van der Waals surface area contributed by atoms with Crippen molar-refractivity contribution in [3.8, 4) is 0 Å². The van der Waals surface area contributed by atoms with Crippen molar-refractivity contribution in [3.63, 3.8) is 0 Å². The first-order valence-corrected chi connectivity index (χ1v) is 42.9. The van der Waals surface area contributed by atoms with Gasteiger partial charge in [0.05, 0.1) is 73.4 Å². The Kier molecular flexibility index (Phi) is 53.6. The molecule has 0 radical (unpaired) electrons. The van der Waals surface area contributed by atoms with E-state index in [9.17, 15) is 47.9 Å². The number of benzene rings is 1. The first-order valence-electron chi connectivity index (χ1n) is 42.0. The standard InChI is InChI=1S/C18H33NO3.C15H28N2O3.C15H20N2OS.C14H28N2O.2C12H24N2O3/c1-6-22-18(21)16-9-7-8-15(10-16)17(20)12-19(14(4)5)11-13(2)3;1-11(2)8-17(12(3)4)10-14(18)16-7-5-6-13(9-16)15(19)20;1-10(2)8-17(11(3)4)15(18)12-5-6-13-14(7-12)19-9-16-13;1-11(2)9-15(12(3)4)10-14(17)16-8-6-7-13(16)5;1-9(2)7-14(10(3)4)8-11(15)13-6-5-12(16)17;1-6-17-11(15)7-13-12(16)14(10(4)5)8-9(2)3/h13-16H,6-12H2,1-5H3;11-13H,5-10H2,1-4H3,(H,19,20);5-7,9-11H,8H2,1-4H3;11-13H,6-10H2,1-5H3;9-10H,5-8H2,1-4H3,(H,13,15)(H,16,17);9-10H,6-8H2,1-5H3,(H,13,16)/t;;;13-;;/m...1../s1. The van der Waals surface area contributed by atoms with Crippen molar-refractivity contribution in [1.82, 2.24) is 54.8 Å². The summed E-state index contributed by atoms with van der Waals surface area (Å²) < 4.78 is 10.9. The van der Waals surface area contributed by atoms with Gasteiger partial charge in [-0.1, -0.05) is 89.5 Å². The second-order valence-electron chi connectivity index (χ2n) is 34.6. The molecule has 1 aromatic carbocycles. The largest absolute Gasteiger partial charge is 0.481 e. The van der Waals surface area contributed by atoms with Gasteiger partial charge < -0.3 is 49.9 Å². The fraction of sp³-hybridized carbons (Fsp3) is 0.802. The first kappa shape index (κ1) is 106. The van der Waals surface area contributed by atoms with Crippen LogP contribution in [0.3, 0.4) is 0 Å². The smallest absolute Gasteiger partial charge is 0.325 e. The summed E-state index contributed by atoms with van der Waals surface area (Å²) in [6.45, 7) is 66.1. The number of carboxylic acids is 2. The summed E-state index contributed by atoms with van der Waals surface area (Å²) >= 11 is 1.57. The lowest BCUT2D eigenvalue weighted by molar-refractivity contribution is -0.150. The zero-order chi connectivity index (χ0) is 85.8. The average molecular weight is 1600 g/mol. The van der Waals surface area contributed by atoms with Crippen LogP contribution >= 0.6 is 11.3 Å². The molecule has 0 bridgehead atoms. The summed E-state index contributed by atoms with van der Waals surface area (Å²) in [6.07, 6.45) is 7.17. The second-order valence-corrected chi connectivity index (χ2v) is 35.5. The molecule has 0 spiro atoms. The van der Waals surface area contributed by atoms with E-state index >= 15 is 0 Å². The minimum absolute atomic E-state index is 0.0246. The highest BCUT2D eigenvalue weighted by Crippen LogP contribution is 2.31. The maximum Gasteiger partial charge on any atom is 0.325 e. The van der Waals surface area contributed by atoms with E-state index in [4.69, 9.17) is 19.7 Å². The van der Waals surface area contributed by atoms with E-state index in [1.54, 1.807) is 28.1 Å². The van der Waals surface area contributed by atoms with Gasteiger partial charge in [0, 0.05) is 119 Å². The van der Waals surface area contributed by atoms with Crippen molar-refractivity contribution in [3.05, 3.63) is 29.3 Å². The van der Waals surface area contributed by atoms with Crippen LogP contribution in [0.4, 0.5) is 4.79 Å². The molecule has 2 saturated heterocycles.